The molecule has 1 saturated heterocycles. The number of benzene rings is 1. The highest BCUT2D eigenvalue weighted by Gasteiger charge is 2.37. The van der Waals surface area contributed by atoms with Crippen molar-refractivity contribution in [3.8, 4) is 0 Å². The third kappa shape index (κ3) is 2.97. The maximum absolute atomic E-state index is 13.2. The lowest BCUT2D eigenvalue weighted by molar-refractivity contribution is -0.124. The summed E-state index contributed by atoms with van der Waals surface area (Å²) >= 11 is 1.46. The molecule has 4 rings (SSSR count). The third-order valence-electron chi connectivity index (χ3n) is 5.23. The van der Waals surface area contributed by atoms with Gasteiger partial charge in [-0.15, -0.1) is 11.3 Å². The van der Waals surface area contributed by atoms with Gasteiger partial charge in [-0.3, -0.25) is 9.59 Å². The Kier molecular flexibility index (Phi) is 4.34. The van der Waals surface area contributed by atoms with Crippen LogP contribution in [0.25, 0.3) is 0 Å². The molecule has 0 N–H and O–H groups in total. The van der Waals surface area contributed by atoms with Gasteiger partial charge in [0.05, 0.1) is 10.8 Å². The largest absolute Gasteiger partial charge is 0.337 e. The van der Waals surface area contributed by atoms with E-state index in [2.05, 4.69) is 13.0 Å². The van der Waals surface area contributed by atoms with E-state index in [1.807, 2.05) is 45.5 Å². The van der Waals surface area contributed by atoms with Crippen LogP contribution in [0.4, 0.5) is 5.69 Å². The van der Waals surface area contributed by atoms with E-state index in [-0.39, 0.29) is 23.8 Å². The molecule has 2 aliphatic heterocycles. The van der Waals surface area contributed by atoms with Gasteiger partial charge in [-0.05, 0) is 49.3 Å². The highest BCUT2D eigenvalue weighted by atomic mass is 32.1. The van der Waals surface area contributed by atoms with Gasteiger partial charge in [0, 0.05) is 24.8 Å². The fraction of sp³-hybridized carbons (Fsp3) is 0.400. The van der Waals surface area contributed by atoms with Crippen molar-refractivity contribution in [2.24, 2.45) is 5.92 Å². The van der Waals surface area contributed by atoms with Crippen molar-refractivity contribution in [2.45, 2.75) is 32.2 Å². The number of likely N-dealkylation sites (tertiary alicyclic amines) is 1. The number of hydrogen-bond acceptors (Lipinski definition) is 3. The number of anilines is 1. The second-order valence-corrected chi connectivity index (χ2v) is 7.91. The molecule has 1 aromatic heterocycles. The number of hydrogen-bond donors (Lipinski definition) is 0. The Morgan fingerprint density at radius 1 is 1.16 bits per heavy atom. The first kappa shape index (κ1) is 16.3. The number of carbonyl (C=O) groups is 2. The molecule has 0 spiro atoms. The highest BCUT2D eigenvalue weighted by molar-refractivity contribution is 7.12. The summed E-state index contributed by atoms with van der Waals surface area (Å²) in [5.41, 5.74) is 2.28. The summed E-state index contributed by atoms with van der Waals surface area (Å²) in [6.07, 6.45) is 2.66. The molecule has 3 heterocycles. The number of rotatable bonds is 2. The first-order valence-electron chi connectivity index (χ1n) is 8.89. The quantitative estimate of drug-likeness (QED) is 0.827. The fourth-order valence-corrected chi connectivity index (χ4v) is 4.71. The number of para-hydroxylation sites is 1. The lowest BCUT2D eigenvalue weighted by atomic mass is 9.96. The van der Waals surface area contributed by atoms with Crippen LogP contribution in [0.5, 0.6) is 0 Å². The van der Waals surface area contributed by atoms with Gasteiger partial charge in [0.25, 0.3) is 5.91 Å². The molecule has 2 aliphatic rings. The SMILES string of the molecule is CC1Cc2ccccc2N1C(=O)C1CCCN(C(=O)c2cccs2)C1. The molecule has 130 valence electrons. The monoisotopic (exact) mass is 354 g/mol. The van der Waals surface area contributed by atoms with Crippen molar-refractivity contribution in [1.82, 2.24) is 4.90 Å². The number of nitrogens with zero attached hydrogens (tertiary/aromatic N) is 2. The normalized spacial score (nSPS) is 22.8. The Hall–Kier alpha value is -2.14. The van der Waals surface area contributed by atoms with Crippen molar-refractivity contribution in [2.75, 3.05) is 18.0 Å². The van der Waals surface area contributed by atoms with E-state index in [0.717, 1.165) is 36.4 Å². The summed E-state index contributed by atoms with van der Waals surface area (Å²) in [5.74, 6) is 0.120. The Labute approximate surface area is 152 Å². The zero-order valence-electron chi connectivity index (χ0n) is 14.4. The lowest BCUT2D eigenvalue weighted by Crippen LogP contribution is -2.48. The Morgan fingerprint density at radius 3 is 2.80 bits per heavy atom. The van der Waals surface area contributed by atoms with Crippen LogP contribution in [0.2, 0.25) is 0 Å². The molecule has 25 heavy (non-hydrogen) atoms. The standard InChI is InChI=1S/C20H22N2O2S/c1-14-12-15-6-2-3-8-17(15)22(14)19(23)16-7-4-10-21(13-16)20(24)18-9-5-11-25-18/h2-3,5-6,8-9,11,14,16H,4,7,10,12-13H2,1H3. The van der Waals surface area contributed by atoms with Crippen LogP contribution >= 0.6 is 11.3 Å². The van der Waals surface area contributed by atoms with E-state index in [1.54, 1.807) is 0 Å². The van der Waals surface area contributed by atoms with Crippen molar-refractivity contribution < 1.29 is 9.59 Å². The second-order valence-electron chi connectivity index (χ2n) is 6.96. The van der Waals surface area contributed by atoms with Crippen molar-refractivity contribution in [1.29, 1.82) is 0 Å². The minimum atomic E-state index is -0.105. The van der Waals surface area contributed by atoms with Gasteiger partial charge in [-0.1, -0.05) is 24.3 Å². The Morgan fingerprint density at radius 2 is 2.00 bits per heavy atom. The Bertz CT molecular complexity index is 787. The van der Waals surface area contributed by atoms with Crippen molar-refractivity contribution in [3.63, 3.8) is 0 Å². The number of thiophene rings is 1. The predicted molar refractivity (Wildman–Crippen MR) is 100 cm³/mol. The second kappa shape index (κ2) is 6.64. The smallest absolute Gasteiger partial charge is 0.263 e. The van der Waals surface area contributed by atoms with Gasteiger partial charge in [0.15, 0.2) is 0 Å². The zero-order chi connectivity index (χ0) is 17.4. The van der Waals surface area contributed by atoms with E-state index >= 15 is 0 Å². The van der Waals surface area contributed by atoms with Crippen molar-refractivity contribution >= 4 is 28.8 Å². The molecule has 1 fully saturated rings. The van der Waals surface area contributed by atoms with E-state index < -0.39 is 0 Å². The summed E-state index contributed by atoms with van der Waals surface area (Å²) < 4.78 is 0. The molecule has 0 radical (unpaired) electrons. The number of piperidine rings is 1. The minimum absolute atomic E-state index is 0.0578. The summed E-state index contributed by atoms with van der Waals surface area (Å²) in [5, 5.41) is 1.92. The van der Waals surface area contributed by atoms with Gasteiger partial charge >= 0.3 is 0 Å². The number of carbonyl (C=O) groups excluding carboxylic acids is 2. The van der Waals surface area contributed by atoms with E-state index in [1.165, 1.54) is 16.9 Å². The van der Waals surface area contributed by atoms with Crippen LogP contribution in [0.15, 0.2) is 41.8 Å². The van der Waals surface area contributed by atoms with Crippen LogP contribution in [0.3, 0.4) is 0 Å². The first-order chi connectivity index (χ1) is 12.1. The highest BCUT2D eigenvalue weighted by Crippen LogP contribution is 2.34. The van der Waals surface area contributed by atoms with Crippen LogP contribution < -0.4 is 4.90 Å². The zero-order valence-corrected chi connectivity index (χ0v) is 15.2. The summed E-state index contributed by atoms with van der Waals surface area (Å²) in [6, 6.07) is 12.1. The van der Waals surface area contributed by atoms with Gasteiger partial charge in [0.1, 0.15) is 0 Å². The molecule has 0 aliphatic carbocycles. The topological polar surface area (TPSA) is 40.6 Å². The molecule has 2 atom stereocenters. The average molecular weight is 354 g/mol. The maximum Gasteiger partial charge on any atom is 0.263 e. The lowest BCUT2D eigenvalue weighted by Gasteiger charge is -2.35. The van der Waals surface area contributed by atoms with Crippen LogP contribution in [0, 0.1) is 5.92 Å². The molecule has 2 unspecified atom stereocenters. The minimum Gasteiger partial charge on any atom is -0.337 e. The number of amides is 2. The molecule has 0 bridgehead atoms. The Balaban J connectivity index is 1.52. The number of fused-ring (bicyclic) bond motifs is 1. The molecule has 1 aromatic carbocycles. The first-order valence-corrected chi connectivity index (χ1v) is 9.77. The predicted octanol–water partition coefficient (Wildman–Crippen LogP) is 3.58. The van der Waals surface area contributed by atoms with Gasteiger partial charge < -0.3 is 9.80 Å². The van der Waals surface area contributed by atoms with Crippen molar-refractivity contribution in [3.05, 3.63) is 52.2 Å². The molecule has 4 nitrogen and oxygen atoms in total. The van der Waals surface area contributed by atoms with Gasteiger partial charge in [-0.25, -0.2) is 0 Å². The fourth-order valence-electron chi connectivity index (χ4n) is 4.02. The van der Waals surface area contributed by atoms with E-state index in [0.29, 0.717) is 6.54 Å². The van der Waals surface area contributed by atoms with E-state index in [9.17, 15) is 9.59 Å². The van der Waals surface area contributed by atoms with Gasteiger partial charge in [0.2, 0.25) is 5.91 Å². The van der Waals surface area contributed by atoms with Gasteiger partial charge in [-0.2, -0.15) is 0 Å². The molecule has 2 amide bonds. The van der Waals surface area contributed by atoms with Crippen LogP contribution in [-0.4, -0.2) is 35.8 Å². The molecule has 0 saturated carbocycles. The summed E-state index contributed by atoms with van der Waals surface area (Å²) in [6.45, 7) is 3.38. The molecular formula is C20H22N2O2S. The average Bonchev–Trinajstić information content (AvgIpc) is 3.27. The molecule has 2 aromatic rings. The molecule has 5 heteroatoms. The molecular weight excluding hydrogens is 332 g/mol. The third-order valence-corrected chi connectivity index (χ3v) is 6.09. The van der Waals surface area contributed by atoms with Crippen LogP contribution in [0.1, 0.15) is 35.0 Å². The maximum atomic E-state index is 13.2. The summed E-state index contributed by atoms with van der Waals surface area (Å²) in [7, 11) is 0. The van der Waals surface area contributed by atoms with E-state index in [4.69, 9.17) is 0 Å². The summed E-state index contributed by atoms with van der Waals surface area (Å²) in [4.78, 5) is 30.4. The van der Waals surface area contributed by atoms with Crippen LogP contribution in [-0.2, 0) is 11.2 Å².